The van der Waals surface area contributed by atoms with Crippen LogP contribution >= 0.6 is 0 Å². The standard InChI is InChI=1S/C7H14N2O5/c1-14-3-4(8)6(11)9-2-5(10)7(12)13/h4-5,10H,2-3,8H2,1H3,(H,9,11)(H,12,13)/t4?,5-/m0/s1. The Hall–Kier alpha value is -1.18. The van der Waals surface area contributed by atoms with Gasteiger partial charge in [0.25, 0.3) is 0 Å². The summed E-state index contributed by atoms with van der Waals surface area (Å²) in [4.78, 5) is 21.2. The third-order valence-corrected chi connectivity index (χ3v) is 1.44. The predicted octanol–water partition coefficient (Wildman–Crippen LogP) is -2.48. The zero-order valence-corrected chi connectivity index (χ0v) is 7.77. The lowest BCUT2D eigenvalue weighted by Gasteiger charge is -2.12. The number of nitrogens with two attached hydrogens (primary N) is 1. The molecule has 0 rings (SSSR count). The van der Waals surface area contributed by atoms with Crippen LogP contribution in [0, 0.1) is 0 Å². The summed E-state index contributed by atoms with van der Waals surface area (Å²) < 4.78 is 4.61. The van der Waals surface area contributed by atoms with Crippen LogP contribution in [0.4, 0.5) is 0 Å². The Bertz CT molecular complexity index is 208. The van der Waals surface area contributed by atoms with Gasteiger partial charge in [0.1, 0.15) is 6.04 Å². The largest absolute Gasteiger partial charge is 0.479 e. The van der Waals surface area contributed by atoms with Gasteiger partial charge in [-0.2, -0.15) is 0 Å². The van der Waals surface area contributed by atoms with Gasteiger partial charge in [0.2, 0.25) is 5.91 Å². The minimum atomic E-state index is -1.62. The van der Waals surface area contributed by atoms with Crippen LogP contribution in [-0.4, -0.2) is 54.5 Å². The molecule has 0 aromatic rings. The molecular formula is C7H14N2O5. The summed E-state index contributed by atoms with van der Waals surface area (Å²) in [5.74, 6) is -1.96. The minimum Gasteiger partial charge on any atom is -0.479 e. The normalized spacial score (nSPS) is 14.5. The highest BCUT2D eigenvalue weighted by Gasteiger charge is 2.17. The van der Waals surface area contributed by atoms with Gasteiger partial charge < -0.3 is 26.0 Å². The molecule has 0 saturated carbocycles. The molecule has 0 saturated heterocycles. The van der Waals surface area contributed by atoms with Crippen molar-refractivity contribution in [1.82, 2.24) is 5.32 Å². The van der Waals surface area contributed by atoms with E-state index in [-0.39, 0.29) is 13.2 Å². The number of hydrogen-bond acceptors (Lipinski definition) is 5. The van der Waals surface area contributed by atoms with Gasteiger partial charge in [-0.25, -0.2) is 4.79 Å². The van der Waals surface area contributed by atoms with Gasteiger partial charge in [-0.15, -0.1) is 0 Å². The number of carbonyl (C=O) groups is 2. The second-order valence-corrected chi connectivity index (χ2v) is 2.66. The van der Waals surface area contributed by atoms with E-state index in [9.17, 15) is 9.59 Å². The fraction of sp³-hybridized carbons (Fsp3) is 0.714. The smallest absolute Gasteiger partial charge is 0.334 e. The molecule has 7 heteroatoms. The van der Waals surface area contributed by atoms with E-state index in [2.05, 4.69) is 10.1 Å². The number of carboxylic acid groups (broad SMARTS) is 1. The van der Waals surface area contributed by atoms with Gasteiger partial charge in [-0.1, -0.05) is 0 Å². The monoisotopic (exact) mass is 206 g/mol. The van der Waals surface area contributed by atoms with Crippen LogP contribution in [0.5, 0.6) is 0 Å². The van der Waals surface area contributed by atoms with Crippen LogP contribution in [-0.2, 0) is 14.3 Å². The highest BCUT2D eigenvalue weighted by Crippen LogP contribution is 1.83. The Morgan fingerprint density at radius 1 is 1.57 bits per heavy atom. The predicted molar refractivity (Wildman–Crippen MR) is 46.5 cm³/mol. The average molecular weight is 206 g/mol. The summed E-state index contributed by atoms with van der Waals surface area (Å²) >= 11 is 0. The van der Waals surface area contributed by atoms with E-state index in [0.29, 0.717) is 0 Å². The van der Waals surface area contributed by atoms with Crippen molar-refractivity contribution in [2.45, 2.75) is 12.1 Å². The number of ether oxygens (including phenoxy) is 1. The number of carboxylic acids is 1. The number of methoxy groups -OCH3 is 1. The number of rotatable bonds is 6. The summed E-state index contributed by atoms with van der Waals surface area (Å²) in [5, 5.41) is 19.3. The van der Waals surface area contributed by atoms with Gasteiger partial charge >= 0.3 is 5.97 Å². The Morgan fingerprint density at radius 2 is 2.14 bits per heavy atom. The van der Waals surface area contributed by atoms with Crippen molar-refractivity contribution in [3.05, 3.63) is 0 Å². The van der Waals surface area contributed by atoms with Gasteiger partial charge in [0.05, 0.1) is 13.2 Å². The van der Waals surface area contributed by atoms with E-state index in [4.69, 9.17) is 15.9 Å². The summed E-state index contributed by atoms with van der Waals surface area (Å²) in [6, 6.07) is -0.860. The molecule has 0 aromatic heterocycles. The quantitative estimate of drug-likeness (QED) is 0.382. The third-order valence-electron chi connectivity index (χ3n) is 1.44. The molecule has 5 N–H and O–H groups in total. The molecule has 0 fully saturated rings. The van der Waals surface area contributed by atoms with Crippen LogP contribution < -0.4 is 11.1 Å². The lowest BCUT2D eigenvalue weighted by atomic mass is 10.3. The van der Waals surface area contributed by atoms with Gasteiger partial charge in [0.15, 0.2) is 6.10 Å². The molecule has 0 bridgehead atoms. The van der Waals surface area contributed by atoms with Crippen molar-refractivity contribution in [3.63, 3.8) is 0 Å². The average Bonchev–Trinajstić information content (AvgIpc) is 2.13. The maximum absolute atomic E-state index is 11.0. The van der Waals surface area contributed by atoms with Crippen molar-refractivity contribution in [2.75, 3.05) is 20.3 Å². The summed E-state index contributed by atoms with van der Waals surface area (Å²) in [6.07, 6.45) is -1.62. The van der Waals surface area contributed by atoms with E-state index in [1.54, 1.807) is 0 Å². The summed E-state index contributed by atoms with van der Waals surface area (Å²) in [6.45, 7) is -0.333. The molecule has 7 nitrogen and oxygen atoms in total. The minimum absolute atomic E-state index is 0.0367. The van der Waals surface area contributed by atoms with Crippen molar-refractivity contribution in [2.24, 2.45) is 5.73 Å². The molecule has 0 aliphatic rings. The molecule has 0 aliphatic heterocycles. The van der Waals surface area contributed by atoms with E-state index in [1.807, 2.05) is 0 Å². The molecule has 0 spiro atoms. The number of aliphatic hydroxyl groups excluding tert-OH is 1. The third kappa shape index (κ3) is 4.75. The fourth-order valence-corrected chi connectivity index (χ4v) is 0.671. The first-order valence-electron chi connectivity index (χ1n) is 3.92. The van der Waals surface area contributed by atoms with Crippen LogP contribution in [0.3, 0.4) is 0 Å². The summed E-state index contributed by atoms with van der Waals surface area (Å²) in [7, 11) is 1.39. The first-order valence-corrected chi connectivity index (χ1v) is 3.92. The molecule has 0 aromatic carbocycles. The molecule has 1 unspecified atom stereocenters. The lowest BCUT2D eigenvalue weighted by Crippen LogP contribution is -2.46. The maximum Gasteiger partial charge on any atom is 0.334 e. The number of aliphatic carboxylic acids is 1. The SMILES string of the molecule is COCC(N)C(=O)NC[C@H](O)C(=O)O. The maximum atomic E-state index is 11.0. The molecule has 0 aliphatic carbocycles. The van der Waals surface area contributed by atoms with Crippen LogP contribution in [0.2, 0.25) is 0 Å². The van der Waals surface area contributed by atoms with Crippen LogP contribution in [0.25, 0.3) is 0 Å². The molecule has 0 radical (unpaired) electrons. The molecule has 0 heterocycles. The number of hydrogen-bond donors (Lipinski definition) is 4. The Balaban J connectivity index is 3.78. The van der Waals surface area contributed by atoms with Crippen molar-refractivity contribution in [3.8, 4) is 0 Å². The van der Waals surface area contributed by atoms with E-state index in [0.717, 1.165) is 0 Å². The fourth-order valence-electron chi connectivity index (χ4n) is 0.671. The molecule has 82 valence electrons. The molecule has 2 atom stereocenters. The van der Waals surface area contributed by atoms with E-state index >= 15 is 0 Å². The van der Waals surface area contributed by atoms with E-state index in [1.165, 1.54) is 7.11 Å². The van der Waals surface area contributed by atoms with Crippen LogP contribution in [0.15, 0.2) is 0 Å². The first kappa shape index (κ1) is 12.8. The van der Waals surface area contributed by atoms with Crippen molar-refractivity contribution >= 4 is 11.9 Å². The zero-order chi connectivity index (χ0) is 11.1. The Kier molecular flexibility index (Phi) is 5.77. The number of amides is 1. The molecular weight excluding hydrogens is 192 g/mol. The second-order valence-electron chi connectivity index (χ2n) is 2.66. The van der Waals surface area contributed by atoms with Gasteiger partial charge in [-0.3, -0.25) is 4.79 Å². The first-order chi connectivity index (χ1) is 6.49. The Morgan fingerprint density at radius 3 is 2.57 bits per heavy atom. The number of carbonyl (C=O) groups excluding carboxylic acids is 1. The zero-order valence-electron chi connectivity index (χ0n) is 7.77. The number of aliphatic hydroxyl groups is 1. The molecule has 14 heavy (non-hydrogen) atoms. The number of nitrogens with one attached hydrogen (secondary N) is 1. The highest BCUT2D eigenvalue weighted by molar-refractivity contribution is 5.82. The highest BCUT2D eigenvalue weighted by atomic mass is 16.5. The Labute approximate surface area is 80.8 Å². The molecule has 1 amide bonds. The second kappa shape index (κ2) is 6.30. The topological polar surface area (TPSA) is 122 Å². The van der Waals surface area contributed by atoms with Crippen molar-refractivity contribution in [1.29, 1.82) is 0 Å². The van der Waals surface area contributed by atoms with Crippen molar-refractivity contribution < 1.29 is 24.5 Å². The summed E-state index contributed by atoms with van der Waals surface area (Å²) in [5.41, 5.74) is 5.32. The van der Waals surface area contributed by atoms with Gasteiger partial charge in [-0.05, 0) is 0 Å². The van der Waals surface area contributed by atoms with Crippen LogP contribution in [0.1, 0.15) is 0 Å². The van der Waals surface area contributed by atoms with E-state index < -0.39 is 24.0 Å². The van der Waals surface area contributed by atoms with Gasteiger partial charge in [0, 0.05) is 7.11 Å². The lowest BCUT2D eigenvalue weighted by molar-refractivity contribution is -0.146.